The summed E-state index contributed by atoms with van der Waals surface area (Å²) in [6, 6.07) is 6.01. The van der Waals surface area contributed by atoms with Crippen LogP contribution in [-0.2, 0) is 16.1 Å². The molecule has 0 bridgehead atoms. The van der Waals surface area contributed by atoms with Gasteiger partial charge in [0.1, 0.15) is 5.75 Å². The summed E-state index contributed by atoms with van der Waals surface area (Å²) in [5, 5.41) is 0. The molecule has 0 radical (unpaired) electrons. The molecular formula is C16H25ClN2O3S. The number of nitrogens with zero attached hydrogens (tertiary/aromatic N) is 1. The molecule has 5 nitrogen and oxygen atoms in total. The van der Waals surface area contributed by atoms with E-state index in [1.807, 2.05) is 24.5 Å². The molecule has 1 heterocycles. The van der Waals surface area contributed by atoms with Gasteiger partial charge in [-0.3, -0.25) is 4.79 Å². The number of ether oxygens (including phenoxy) is 2. The van der Waals surface area contributed by atoms with Gasteiger partial charge in [0.2, 0.25) is 5.91 Å². The SMILES string of the molecule is COc1cc(CN(C)C(=O)C2(N)CCOCC2)ccc1SC.Cl. The Labute approximate surface area is 148 Å². The Morgan fingerprint density at radius 1 is 1.43 bits per heavy atom. The minimum Gasteiger partial charge on any atom is -0.496 e. The maximum absolute atomic E-state index is 12.6. The predicted octanol–water partition coefficient (Wildman–Crippen LogP) is 2.31. The topological polar surface area (TPSA) is 64.8 Å². The highest BCUT2D eigenvalue weighted by atomic mass is 35.5. The van der Waals surface area contributed by atoms with E-state index in [2.05, 4.69) is 0 Å². The van der Waals surface area contributed by atoms with Gasteiger partial charge in [0, 0.05) is 31.7 Å². The third kappa shape index (κ3) is 4.76. The number of carbonyl (C=O) groups excluding carboxylic acids is 1. The molecule has 1 amide bonds. The average Bonchev–Trinajstić information content (AvgIpc) is 2.54. The lowest BCUT2D eigenvalue weighted by Gasteiger charge is -2.35. The number of thioether (sulfide) groups is 1. The fourth-order valence-electron chi connectivity index (χ4n) is 2.65. The van der Waals surface area contributed by atoms with Crippen molar-refractivity contribution in [3.8, 4) is 5.75 Å². The molecule has 2 rings (SSSR count). The Bertz CT molecular complexity index is 536. The van der Waals surface area contributed by atoms with E-state index < -0.39 is 5.54 Å². The summed E-state index contributed by atoms with van der Waals surface area (Å²) in [6.07, 6.45) is 3.16. The molecule has 1 saturated heterocycles. The Kier molecular flexibility index (Phi) is 7.67. The quantitative estimate of drug-likeness (QED) is 0.816. The second-order valence-corrected chi connectivity index (χ2v) is 6.47. The van der Waals surface area contributed by atoms with E-state index in [1.165, 1.54) is 0 Å². The summed E-state index contributed by atoms with van der Waals surface area (Å²) >= 11 is 1.64. The lowest BCUT2D eigenvalue weighted by atomic mass is 9.89. The molecule has 0 unspecified atom stereocenters. The first-order valence-corrected chi connectivity index (χ1v) is 8.56. The van der Waals surface area contributed by atoms with E-state index in [0.717, 1.165) is 16.2 Å². The van der Waals surface area contributed by atoms with Crippen molar-refractivity contribution < 1.29 is 14.3 Å². The summed E-state index contributed by atoms with van der Waals surface area (Å²) < 4.78 is 10.7. The number of likely N-dealkylation sites (N-methyl/N-ethyl adjacent to an activating group) is 1. The van der Waals surface area contributed by atoms with E-state index in [1.54, 1.807) is 30.8 Å². The average molecular weight is 361 g/mol. The number of methoxy groups -OCH3 is 1. The summed E-state index contributed by atoms with van der Waals surface area (Å²) in [6.45, 7) is 1.61. The first-order chi connectivity index (χ1) is 10.5. The number of nitrogens with two attached hydrogens (primary N) is 1. The molecule has 7 heteroatoms. The fourth-order valence-corrected chi connectivity index (χ4v) is 3.20. The highest BCUT2D eigenvalue weighted by Crippen LogP contribution is 2.29. The second-order valence-electron chi connectivity index (χ2n) is 5.62. The summed E-state index contributed by atoms with van der Waals surface area (Å²) in [4.78, 5) is 15.4. The first kappa shape index (κ1) is 20.1. The monoisotopic (exact) mass is 360 g/mol. The minimum absolute atomic E-state index is 0. The Hall–Kier alpha value is -0.950. The normalized spacial score (nSPS) is 16.3. The van der Waals surface area contributed by atoms with Crippen molar-refractivity contribution >= 4 is 30.1 Å². The van der Waals surface area contributed by atoms with Crippen LogP contribution < -0.4 is 10.5 Å². The molecule has 2 N–H and O–H groups in total. The van der Waals surface area contributed by atoms with Gasteiger partial charge in [-0.15, -0.1) is 24.2 Å². The number of benzene rings is 1. The van der Waals surface area contributed by atoms with Gasteiger partial charge >= 0.3 is 0 Å². The highest BCUT2D eigenvalue weighted by molar-refractivity contribution is 7.98. The molecule has 0 aliphatic carbocycles. The van der Waals surface area contributed by atoms with Gasteiger partial charge in [0.15, 0.2) is 0 Å². The van der Waals surface area contributed by atoms with Crippen LogP contribution >= 0.6 is 24.2 Å². The van der Waals surface area contributed by atoms with Crippen molar-refractivity contribution in [2.75, 3.05) is 33.6 Å². The van der Waals surface area contributed by atoms with Crippen LogP contribution in [0, 0.1) is 0 Å². The molecule has 0 atom stereocenters. The lowest BCUT2D eigenvalue weighted by molar-refractivity contribution is -0.139. The van der Waals surface area contributed by atoms with Crippen LogP contribution in [0.3, 0.4) is 0 Å². The summed E-state index contributed by atoms with van der Waals surface area (Å²) in [7, 11) is 3.45. The van der Waals surface area contributed by atoms with Gasteiger partial charge in [0.25, 0.3) is 0 Å². The maximum Gasteiger partial charge on any atom is 0.242 e. The molecule has 1 aromatic carbocycles. The van der Waals surface area contributed by atoms with Gasteiger partial charge in [-0.1, -0.05) is 6.07 Å². The van der Waals surface area contributed by atoms with Crippen molar-refractivity contribution in [2.24, 2.45) is 5.73 Å². The lowest BCUT2D eigenvalue weighted by Crippen LogP contribution is -2.57. The van der Waals surface area contributed by atoms with E-state index >= 15 is 0 Å². The minimum atomic E-state index is -0.795. The third-order valence-electron chi connectivity index (χ3n) is 4.03. The van der Waals surface area contributed by atoms with E-state index in [0.29, 0.717) is 32.6 Å². The zero-order valence-corrected chi connectivity index (χ0v) is 15.5. The maximum atomic E-state index is 12.6. The molecule has 23 heavy (non-hydrogen) atoms. The molecule has 0 saturated carbocycles. The van der Waals surface area contributed by atoms with E-state index in [9.17, 15) is 4.79 Å². The van der Waals surface area contributed by atoms with Crippen molar-refractivity contribution in [1.29, 1.82) is 0 Å². The zero-order chi connectivity index (χ0) is 16.2. The highest BCUT2D eigenvalue weighted by Gasteiger charge is 2.37. The second kappa shape index (κ2) is 8.78. The number of halogens is 1. The fraction of sp³-hybridized carbons (Fsp3) is 0.562. The van der Waals surface area contributed by atoms with E-state index in [-0.39, 0.29) is 18.3 Å². The van der Waals surface area contributed by atoms with Crippen LogP contribution in [0.4, 0.5) is 0 Å². The molecular weight excluding hydrogens is 336 g/mol. The molecule has 0 aromatic heterocycles. The standard InChI is InChI=1S/C16H24N2O3S.ClH/c1-18(15(19)16(17)6-8-21-9-7-16)11-12-4-5-14(22-3)13(10-12)20-2;/h4-5,10H,6-9,11,17H2,1-3H3;1H. The summed E-state index contributed by atoms with van der Waals surface area (Å²) in [5.41, 5.74) is 6.49. The van der Waals surface area contributed by atoms with Crippen LogP contribution in [0.15, 0.2) is 23.1 Å². The van der Waals surface area contributed by atoms with Gasteiger partial charge in [-0.05, 0) is 36.8 Å². The van der Waals surface area contributed by atoms with Crippen LogP contribution in [0.1, 0.15) is 18.4 Å². The van der Waals surface area contributed by atoms with Crippen molar-refractivity contribution in [3.63, 3.8) is 0 Å². The molecule has 1 aromatic rings. The van der Waals surface area contributed by atoms with Crippen molar-refractivity contribution in [2.45, 2.75) is 29.8 Å². The molecule has 1 aliphatic rings. The molecule has 1 fully saturated rings. The largest absolute Gasteiger partial charge is 0.496 e. The number of rotatable bonds is 5. The number of hydrogen-bond donors (Lipinski definition) is 1. The Morgan fingerprint density at radius 3 is 2.65 bits per heavy atom. The van der Waals surface area contributed by atoms with Crippen LogP contribution in [0.25, 0.3) is 0 Å². The van der Waals surface area contributed by atoms with Gasteiger partial charge in [-0.2, -0.15) is 0 Å². The van der Waals surface area contributed by atoms with Crippen molar-refractivity contribution in [1.82, 2.24) is 4.90 Å². The Balaban J connectivity index is 0.00000264. The Morgan fingerprint density at radius 2 is 2.09 bits per heavy atom. The predicted molar refractivity (Wildman–Crippen MR) is 95.5 cm³/mol. The van der Waals surface area contributed by atoms with Crippen LogP contribution in [0.2, 0.25) is 0 Å². The van der Waals surface area contributed by atoms with E-state index in [4.69, 9.17) is 15.2 Å². The zero-order valence-electron chi connectivity index (χ0n) is 13.8. The number of hydrogen-bond acceptors (Lipinski definition) is 5. The van der Waals surface area contributed by atoms with Crippen LogP contribution in [0.5, 0.6) is 5.75 Å². The third-order valence-corrected chi connectivity index (χ3v) is 4.80. The molecule has 0 spiro atoms. The van der Waals surface area contributed by atoms with Gasteiger partial charge in [0.05, 0.1) is 12.6 Å². The number of carbonyl (C=O) groups is 1. The molecule has 130 valence electrons. The smallest absolute Gasteiger partial charge is 0.242 e. The summed E-state index contributed by atoms with van der Waals surface area (Å²) in [5.74, 6) is 0.808. The van der Waals surface area contributed by atoms with Crippen molar-refractivity contribution in [3.05, 3.63) is 23.8 Å². The molecule has 1 aliphatic heterocycles. The van der Waals surface area contributed by atoms with Crippen LogP contribution in [-0.4, -0.2) is 50.0 Å². The first-order valence-electron chi connectivity index (χ1n) is 7.33. The number of amides is 1. The van der Waals surface area contributed by atoms with Gasteiger partial charge in [-0.25, -0.2) is 0 Å². The van der Waals surface area contributed by atoms with Gasteiger partial charge < -0.3 is 20.1 Å².